The van der Waals surface area contributed by atoms with Gasteiger partial charge in [-0.05, 0) is 12.5 Å². The summed E-state index contributed by atoms with van der Waals surface area (Å²) in [6.07, 6.45) is 0. The summed E-state index contributed by atoms with van der Waals surface area (Å²) in [6, 6.07) is 10.7. The van der Waals surface area contributed by atoms with Gasteiger partial charge in [-0.3, -0.25) is 19.7 Å². The summed E-state index contributed by atoms with van der Waals surface area (Å²) in [7, 11) is 0. The normalized spacial score (nSPS) is 19.9. The van der Waals surface area contributed by atoms with E-state index in [4.69, 9.17) is 0 Å². The van der Waals surface area contributed by atoms with Crippen LogP contribution in [0.1, 0.15) is 23.3 Å². The molecule has 2 atom stereocenters. The average Bonchev–Trinajstić information content (AvgIpc) is 3.27. The first-order valence-corrected chi connectivity index (χ1v) is 8.75. The number of hydrogen-bond donors (Lipinski definition) is 2. The second kappa shape index (κ2) is 7.44. The summed E-state index contributed by atoms with van der Waals surface area (Å²) >= 11 is 1.16. The lowest BCUT2D eigenvalue weighted by atomic mass is 9.88. The SMILES string of the molecule is C/C(=N/NC(=O)[C@H]1C(=O)NC[C@H]1c1ccccc1)c1cc([N+](=O)[O-])cs1. The lowest BCUT2D eigenvalue weighted by Gasteiger charge is -2.15. The number of amides is 2. The third-order valence-electron chi connectivity index (χ3n) is 4.18. The molecule has 0 spiro atoms. The lowest BCUT2D eigenvalue weighted by Crippen LogP contribution is -2.35. The first kappa shape index (κ1) is 17.7. The minimum Gasteiger partial charge on any atom is -0.355 e. The van der Waals surface area contributed by atoms with Crippen LogP contribution in [0.5, 0.6) is 0 Å². The molecule has 26 heavy (non-hydrogen) atoms. The zero-order valence-corrected chi connectivity index (χ0v) is 14.7. The molecule has 1 aliphatic rings. The number of nitrogens with zero attached hydrogens (tertiary/aromatic N) is 2. The number of nitro groups is 1. The van der Waals surface area contributed by atoms with E-state index in [1.807, 2.05) is 30.3 Å². The van der Waals surface area contributed by atoms with E-state index in [2.05, 4.69) is 15.8 Å². The van der Waals surface area contributed by atoms with Gasteiger partial charge in [0.05, 0.1) is 20.9 Å². The minimum atomic E-state index is -0.869. The van der Waals surface area contributed by atoms with Gasteiger partial charge < -0.3 is 5.32 Å². The molecule has 2 heterocycles. The van der Waals surface area contributed by atoms with Crippen molar-refractivity contribution < 1.29 is 14.5 Å². The van der Waals surface area contributed by atoms with Crippen LogP contribution in [0.15, 0.2) is 46.9 Å². The molecule has 2 amide bonds. The number of rotatable bonds is 5. The van der Waals surface area contributed by atoms with Gasteiger partial charge in [0.1, 0.15) is 5.92 Å². The number of hydrogen-bond acceptors (Lipinski definition) is 6. The molecule has 2 N–H and O–H groups in total. The Morgan fingerprint density at radius 1 is 1.38 bits per heavy atom. The molecule has 9 heteroatoms. The number of carbonyl (C=O) groups excluding carboxylic acids is 2. The summed E-state index contributed by atoms with van der Waals surface area (Å²) < 4.78 is 0. The van der Waals surface area contributed by atoms with E-state index in [-0.39, 0.29) is 17.5 Å². The van der Waals surface area contributed by atoms with Gasteiger partial charge in [0.2, 0.25) is 5.91 Å². The molecule has 3 rings (SSSR count). The van der Waals surface area contributed by atoms with Crippen molar-refractivity contribution in [2.24, 2.45) is 11.0 Å². The van der Waals surface area contributed by atoms with Gasteiger partial charge >= 0.3 is 0 Å². The molecular weight excluding hydrogens is 356 g/mol. The van der Waals surface area contributed by atoms with E-state index in [0.29, 0.717) is 17.1 Å². The summed E-state index contributed by atoms with van der Waals surface area (Å²) in [5.74, 6) is -1.97. The van der Waals surface area contributed by atoms with E-state index in [9.17, 15) is 19.7 Å². The Kier molecular flexibility index (Phi) is 5.08. The first-order valence-electron chi connectivity index (χ1n) is 7.87. The molecule has 1 aromatic carbocycles. The molecule has 0 unspecified atom stereocenters. The highest BCUT2D eigenvalue weighted by atomic mass is 32.1. The second-order valence-corrected chi connectivity index (χ2v) is 6.75. The monoisotopic (exact) mass is 372 g/mol. The highest BCUT2D eigenvalue weighted by molar-refractivity contribution is 7.12. The van der Waals surface area contributed by atoms with Crippen molar-refractivity contribution in [3.63, 3.8) is 0 Å². The molecule has 0 radical (unpaired) electrons. The van der Waals surface area contributed by atoms with E-state index in [1.54, 1.807) is 6.92 Å². The summed E-state index contributed by atoms with van der Waals surface area (Å²) in [5, 5.41) is 18.9. The van der Waals surface area contributed by atoms with Crippen molar-refractivity contribution in [2.75, 3.05) is 6.54 Å². The van der Waals surface area contributed by atoms with Crippen LogP contribution in [0, 0.1) is 16.0 Å². The van der Waals surface area contributed by atoms with Gasteiger partial charge in [0, 0.05) is 18.5 Å². The zero-order chi connectivity index (χ0) is 18.7. The van der Waals surface area contributed by atoms with Crippen molar-refractivity contribution in [2.45, 2.75) is 12.8 Å². The van der Waals surface area contributed by atoms with E-state index >= 15 is 0 Å². The standard InChI is InChI=1S/C17H16N4O4S/c1-10(14-7-12(9-26-14)21(24)25)19-20-17(23)15-13(8-18-16(15)22)11-5-3-2-4-6-11/h2-7,9,13,15H,8H2,1H3,(H,18,22)(H,20,23)/b19-10-/t13-,15+/m0/s1. The maximum Gasteiger partial charge on any atom is 0.280 e. The van der Waals surface area contributed by atoms with Crippen LogP contribution in [-0.2, 0) is 9.59 Å². The maximum absolute atomic E-state index is 12.5. The third-order valence-corrected chi connectivity index (χ3v) is 5.20. The third kappa shape index (κ3) is 3.62. The molecule has 0 aliphatic carbocycles. The van der Waals surface area contributed by atoms with Crippen LogP contribution in [0.2, 0.25) is 0 Å². The predicted molar refractivity (Wildman–Crippen MR) is 97.0 cm³/mol. The fourth-order valence-corrected chi connectivity index (χ4v) is 3.62. The number of carbonyl (C=O) groups is 2. The molecule has 1 fully saturated rings. The van der Waals surface area contributed by atoms with Gasteiger partial charge in [-0.1, -0.05) is 30.3 Å². The Morgan fingerprint density at radius 3 is 2.77 bits per heavy atom. The molecule has 0 bridgehead atoms. The van der Waals surface area contributed by atoms with Gasteiger partial charge in [0.15, 0.2) is 0 Å². The molecule has 134 valence electrons. The number of nitrogens with one attached hydrogen (secondary N) is 2. The fourth-order valence-electron chi connectivity index (χ4n) is 2.81. The molecule has 8 nitrogen and oxygen atoms in total. The first-order chi connectivity index (χ1) is 12.5. The van der Waals surface area contributed by atoms with Crippen molar-refractivity contribution in [1.82, 2.24) is 10.7 Å². The van der Waals surface area contributed by atoms with Crippen LogP contribution in [0.4, 0.5) is 5.69 Å². The smallest absolute Gasteiger partial charge is 0.280 e. The average molecular weight is 372 g/mol. The van der Waals surface area contributed by atoms with Crippen molar-refractivity contribution in [3.8, 4) is 0 Å². The van der Waals surface area contributed by atoms with Gasteiger partial charge in [-0.25, -0.2) is 5.43 Å². The van der Waals surface area contributed by atoms with Crippen molar-refractivity contribution in [3.05, 3.63) is 62.3 Å². The Hall–Kier alpha value is -3.07. The summed E-state index contributed by atoms with van der Waals surface area (Å²) in [6.45, 7) is 2.03. The highest BCUT2D eigenvalue weighted by Crippen LogP contribution is 2.29. The minimum absolute atomic E-state index is 0.0230. The van der Waals surface area contributed by atoms with Crippen LogP contribution in [0.3, 0.4) is 0 Å². The van der Waals surface area contributed by atoms with Crippen LogP contribution in [-0.4, -0.2) is 29.0 Å². The maximum atomic E-state index is 12.5. The quantitative estimate of drug-likeness (QED) is 0.362. The largest absolute Gasteiger partial charge is 0.355 e. The van der Waals surface area contributed by atoms with Crippen LogP contribution in [0.25, 0.3) is 0 Å². The summed E-state index contributed by atoms with van der Waals surface area (Å²) in [4.78, 5) is 35.4. The Bertz CT molecular complexity index is 878. The lowest BCUT2D eigenvalue weighted by molar-refractivity contribution is -0.384. The van der Waals surface area contributed by atoms with E-state index < -0.39 is 16.7 Å². The highest BCUT2D eigenvalue weighted by Gasteiger charge is 2.41. The topological polar surface area (TPSA) is 114 Å². The van der Waals surface area contributed by atoms with Crippen molar-refractivity contribution >= 4 is 34.6 Å². The molecule has 1 saturated heterocycles. The Morgan fingerprint density at radius 2 is 2.12 bits per heavy atom. The zero-order valence-electron chi connectivity index (χ0n) is 13.8. The fraction of sp³-hybridized carbons (Fsp3) is 0.235. The number of hydrazone groups is 1. The number of benzene rings is 1. The van der Waals surface area contributed by atoms with Gasteiger partial charge in [-0.15, -0.1) is 11.3 Å². The molecular formula is C17H16N4O4S. The summed E-state index contributed by atoms with van der Waals surface area (Å²) in [5.41, 5.74) is 3.73. The molecule has 0 saturated carbocycles. The van der Waals surface area contributed by atoms with Gasteiger partial charge in [0.25, 0.3) is 11.6 Å². The van der Waals surface area contributed by atoms with E-state index in [1.165, 1.54) is 11.4 Å². The Labute approximate surface area is 153 Å². The molecule has 1 aromatic heterocycles. The second-order valence-electron chi connectivity index (χ2n) is 5.84. The predicted octanol–water partition coefficient (Wildman–Crippen LogP) is 2.03. The van der Waals surface area contributed by atoms with Crippen molar-refractivity contribution in [1.29, 1.82) is 0 Å². The molecule has 1 aliphatic heterocycles. The Balaban J connectivity index is 1.73. The van der Waals surface area contributed by atoms with Crippen LogP contribution >= 0.6 is 11.3 Å². The van der Waals surface area contributed by atoms with E-state index in [0.717, 1.165) is 16.9 Å². The van der Waals surface area contributed by atoms with Gasteiger partial charge in [-0.2, -0.15) is 5.10 Å². The number of thiophene rings is 1. The molecule has 2 aromatic rings. The van der Waals surface area contributed by atoms with Crippen LogP contribution < -0.4 is 10.7 Å².